The van der Waals surface area contributed by atoms with Gasteiger partial charge in [0.25, 0.3) is 0 Å². The van der Waals surface area contributed by atoms with Crippen molar-refractivity contribution in [2.24, 2.45) is 0 Å². The molecule has 0 aliphatic rings. The van der Waals surface area contributed by atoms with E-state index in [1.54, 1.807) is 0 Å². The quantitative estimate of drug-likeness (QED) is 0.412. The van der Waals surface area contributed by atoms with Gasteiger partial charge in [0.15, 0.2) is 0 Å². The maximum absolute atomic E-state index is 10.1. The number of carbonyl (C=O) groups excluding carboxylic acids is 2. The first-order valence-electron chi connectivity index (χ1n) is 2.18. The van der Waals surface area contributed by atoms with E-state index in [9.17, 15) is 14.7 Å². The Morgan fingerprint density at radius 2 is 1.90 bits per heavy atom. The summed E-state index contributed by atoms with van der Waals surface area (Å²) in [6.07, 6.45) is -0.600. The van der Waals surface area contributed by atoms with Crippen LogP contribution >= 0.6 is 11.9 Å². The number of hydrogen-bond acceptors (Lipinski definition) is 4. The van der Waals surface area contributed by atoms with Gasteiger partial charge >= 0.3 is 35.5 Å². The maximum Gasteiger partial charge on any atom is 1.00 e. The summed E-state index contributed by atoms with van der Waals surface area (Å²) in [6, 6.07) is 0. The third-order valence-corrected chi connectivity index (χ3v) is 0.791. The third kappa shape index (κ3) is 8.23. The van der Waals surface area contributed by atoms with Crippen molar-refractivity contribution in [3.63, 3.8) is 0 Å². The molecule has 0 N–H and O–H groups in total. The number of hydrogen-bond donors (Lipinski definition) is 0. The third-order valence-electron chi connectivity index (χ3n) is 0.619. The zero-order valence-electron chi connectivity index (χ0n) is 5.43. The molecule has 0 heterocycles. The van der Waals surface area contributed by atoms with Gasteiger partial charge in [-0.05, 0) is 6.42 Å². The van der Waals surface area contributed by atoms with Crippen LogP contribution < -0.4 is 34.7 Å². The van der Waals surface area contributed by atoms with E-state index in [0.717, 1.165) is 0 Å². The number of carbonyl (C=O) groups is 2. The molecule has 0 aliphatic carbocycles. The Hall–Kier alpha value is 0.230. The monoisotopic (exact) mass is 174 g/mol. The van der Waals surface area contributed by atoms with Crippen molar-refractivity contribution in [1.82, 2.24) is 0 Å². The normalized spacial score (nSPS) is 7.70. The second-order valence-corrected chi connectivity index (χ2v) is 1.48. The molecule has 0 atom stereocenters. The van der Waals surface area contributed by atoms with Crippen LogP contribution in [0.1, 0.15) is 12.8 Å². The molecule has 0 saturated heterocycles. The fourth-order valence-electron chi connectivity index (χ4n) is 0.243. The molecule has 0 saturated carbocycles. The smallest absolute Gasteiger partial charge is 0.550 e. The first-order chi connectivity index (χ1) is 4.16. The SMILES string of the molecule is O=C([O-])CCC(=O)OCl.[Na+]. The summed E-state index contributed by atoms with van der Waals surface area (Å²) in [5, 5.41) is 9.66. The maximum atomic E-state index is 10.1. The van der Waals surface area contributed by atoms with Gasteiger partial charge in [-0.15, -0.1) is 0 Å². The molecule has 0 fully saturated rings. The molecule has 0 radical (unpaired) electrons. The van der Waals surface area contributed by atoms with Crippen molar-refractivity contribution in [2.75, 3.05) is 0 Å². The van der Waals surface area contributed by atoms with Crippen LogP contribution in [0.2, 0.25) is 0 Å². The zero-order chi connectivity index (χ0) is 7.28. The number of carboxylic acids is 1. The standard InChI is InChI=1S/C4H5ClO4.Na/c5-9-4(8)2-1-3(6)7;/h1-2H2,(H,6,7);/q;+1/p-1. The summed E-state index contributed by atoms with van der Waals surface area (Å²) >= 11 is 4.57. The van der Waals surface area contributed by atoms with Crippen LogP contribution in [0.25, 0.3) is 0 Å². The van der Waals surface area contributed by atoms with Gasteiger partial charge in [-0.25, -0.2) is 0 Å². The fourth-order valence-corrected chi connectivity index (χ4v) is 0.320. The minimum Gasteiger partial charge on any atom is -0.550 e. The van der Waals surface area contributed by atoms with Crippen molar-refractivity contribution in [3.05, 3.63) is 0 Å². The molecular weight excluding hydrogens is 170 g/mol. The molecule has 0 unspecified atom stereocenters. The molecule has 52 valence electrons. The molecule has 0 aromatic heterocycles. The molecule has 0 aromatic carbocycles. The number of halogens is 1. The number of carboxylic acid groups (broad SMARTS) is 1. The van der Waals surface area contributed by atoms with E-state index in [2.05, 4.69) is 16.2 Å². The molecular formula is C4H4ClNaO4. The summed E-state index contributed by atoms with van der Waals surface area (Å²) < 4.78 is 3.64. The van der Waals surface area contributed by atoms with Crippen molar-refractivity contribution in [2.45, 2.75) is 12.8 Å². The van der Waals surface area contributed by atoms with E-state index in [1.807, 2.05) is 0 Å². The van der Waals surface area contributed by atoms with Gasteiger partial charge in [0.2, 0.25) is 0 Å². The van der Waals surface area contributed by atoms with Crippen molar-refractivity contribution < 1.29 is 48.5 Å². The predicted octanol–water partition coefficient (Wildman–Crippen LogP) is -3.78. The number of rotatable bonds is 3. The average molecular weight is 175 g/mol. The van der Waals surface area contributed by atoms with Gasteiger partial charge in [0.1, 0.15) is 11.9 Å². The van der Waals surface area contributed by atoms with E-state index >= 15 is 0 Å². The molecule has 0 bridgehead atoms. The summed E-state index contributed by atoms with van der Waals surface area (Å²) in [5.74, 6) is -2.06. The Kier molecular flexibility index (Phi) is 9.44. The van der Waals surface area contributed by atoms with Crippen LogP contribution in [0, 0.1) is 0 Å². The van der Waals surface area contributed by atoms with E-state index in [-0.39, 0.29) is 42.4 Å². The Bertz CT molecular complexity index is 126. The molecule has 10 heavy (non-hydrogen) atoms. The van der Waals surface area contributed by atoms with Crippen molar-refractivity contribution >= 4 is 23.8 Å². The van der Waals surface area contributed by atoms with Gasteiger partial charge in [-0.3, -0.25) is 4.79 Å². The second kappa shape index (κ2) is 7.34. The molecule has 4 nitrogen and oxygen atoms in total. The van der Waals surface area contributed by atoms with Crippen LogP contribution in [0.15, 0.2) is 0 Å². The van der Waals surface area contributed by atoms with Crippen molar-refractivity contribution in [1.29, 1.82) is 0 Å². The van der Waals surface area contributed by atoms with Gasteiger partial charge in [0, 0.05) is 5.97 Å². The molecule has 0 amide bonds. The molecule has 6 heteroatoms. The van der Waals surface area contributed by atoms with Crippen molar-refractivity contribution in [3.8, 4) is 0 Å². The van der Waals surface area contributed by atoms with E-state index in [1.165, 1.54) is 0 Å². The second-order valence-electron chi connectivity index (χ2n) is 1.32. The predicted molar refractivity (Wildman–Crippen MR) is 26.2 cm³/mol. The molecule has 0 rings (SSSR count). The van der Waals surface area contributed by atoms with Crippen LogP contribution in [0.5, 0.6) is 0 Å². The summed E-state index contributed by atoms with van der Waals surface area (Å²) in [4.78, 5) is 19.7. The van der Waals surface area contributed by atoms with E-state index < -0.39 is 11.9 Å². The van der Waals surface area contributed by atoms with Gasteiger partial charge < -0.3 is 14.2 Å². The van der Waals surface area contributed by atoms with E-state index in [0.29, 0.717) is 0 Å². The zero-order valence-corrected chi connectivity index (χ0v) is 8.18. The summed E-state index contributed by atoms with van der Waals surface area (Å²) in [6.45, 7) is 0. The minimum absolute atomic E-state index is 0. The van der Waals surface area contributed by atoms with Gasteiger partial charge in [0.05, 0.1) is 6.42 Å². The van der Waals surface area contributed by atoms with E-state index in [4.69, 9.17) is 0 Å². The Morgan fingerprint density at radius 1 is 1.40 bits per heavy atom. The summed E-state index contributed by atoms with van der Waals surface area (Å²) in [5.41, 5.74) is 0. The minimum atomic E-state index is -1.29. The van der Waals surface area contributed by atoms with Gasteiger partial charge in [-0.2, -0.15) is 0 Å². The summed E-state index contributed by atoms with van der Waals surface area (Å²) in [7, 11) is 0. The first kappa shape index (κ1) is 12.9. The first-order valence-corrected chi connectivity index (χ1v) is 2.49. The van der Waals surface area contributed by atoms with Crippen LogP contribution in [-0.2, 0) is 13.9 Å². The van der Waals surface area contributed by atoms with Gasteiger partial charge in [-0.1, -0.05) is 0 Å². The molecule has 0 aromatic rings. The number of aliphatic carboxylic acids is 1. The molecule has 0 spiro atoms. The van der Waals surface area contributed by atoms with Crippen LogP contribution in [0.3, 0.4) is 0 Å². The topological polar surface area (TPSA) is 66.4 Å². The molecule has 0 aliphatic heterocycles. The van der Waals surface area contributed by atoms with Crippen LogP contribution in [0.4, 0.5) is 0 Å². The Morgan fingerprint density at radius 3 is 2.20 bits per heavy atom. The largest absolute Gasteiger partial charge is 1.00 e. The van der Waals surface area contributed by atoms with Crippen LogP contribution in [-0.4, -0.2) is 11.9 Å². The fraction of sp³-hybridized carbons (Fsp3) is 0.500. The Labute approximate surface area is 85.0 Å². The Balaban J connectivity index is 0. The average Bonchev–Trinajstić information content (AvgIpc) is 1.83.